The minimum absolute atomic E-state index is 0.196. The first kappa shape index (κ1) is 26.5. The fourth-order valence-corrected chi connectivity index (χ4v) is 4.03. The van der Waals surface area contributed by atoms with Gasteiger partial charge in [-0.2, -0.15) is 0 Å². The number of rotatable bonds is 11. The maximum Gasteiger partial charge on any atom is 0.305 e. The maximum absolute atomic E-state index is 11.3. The standard InChI is InChI=1S/C32H32N2O4/c1-37-31(35)21-7-23-3-13-27(14-4-23)33-29-17-9-25(10-18-29)26-11-19-30(20-12-26)34-28-15-5-24(6-16-28)8-22-32(36)38-2/h3-6,9-20,33-34H,7-8,21-22H2,1-2H3. The molecule has 194 valence electrons. The zero-order valence-corrected chi connectivity index (χ0v) is 21.7. The Morgan fingerprint density at radius 2 is 0.789 bits per heavy atom. The molecule has 0 saturated carbocycles. The average Bonchev–Trinajstić information content (AvgIpc) is 2.97. The van der Waals surface area contributed by atoms with E-state index in [2.05, 4.69) is 59.2 Å². The zero-order chi connectivity index (χ0) is 26.7. The van der Waals surface area contributed by atoms with Crippen molar-refractivity contribution >= 4 is 34.7 Å². The zero-order valence-electron chi connectivity index (χ0n) is 21.7. The molecule has 6 nitrogen and oxygen atoms in total. The second kappa shape index (κ2) is 13.1. The van der Waals surface area contributed by atoms with Crippen molar-refractivity contribution in [3.8, 4) is 11.1 Å². The molecule has 0 saturated heterocycles. The summed E-state index contributed by atoms with van der Waals surface area (Å²) in [5.74, 6) is -0.393. The molecular weight excluding hydrogens is 476 g/mol. The Labute approximate surface area is 223 Å². The smallest absolute Gasteiger partial charge is 0.305 e. The molecule has 0 aromatic heterocycles. The number of aryl methyl sites for hydroxylation is 2. The molecule has 0 aliphatic heterocycles. The molecule has 0 fully saturated rings. The van der Waals surface area contributed by atoms with E-state index in [1.807, 2.05) is 48.5 Å². The second-order valence-corrected chi connectivity index (χ2v) is 8.95. The number of carbonyl (C=O) groups is 2. The van der Waals surface area contributed by atoms with Gasteiger partial charge < -0.3 is 20.1 Å². The van der Waals surface area contributed by atoms with Crippen molar-refractivity contribution in [3.63, 3.8) is 0 Å². The van der Waals surface area contributed by atoms with Gasteiger partial charge in [-0.15, -0.1) is 0 Å². The summed E-state index contributed by atoms with van der Waals surface area (Å²) in [6.07, 6.45) is 2.10. The summed E-state index contributed by atoms with van der Waals surface area (Å²) in [6, 6.07) is 32.8. The third kappa shape index (κ3) is 7.71. The van der Waals surface area contributed by atoms with Gasteiger partial charge >= 0.3 is 11.9 Å². The highest BCUT2D eigenvalue weighted by Crippen LogP contribution is 2.26. The van der Waals surface area contributed by atoms with Crippen LogP contribution in [0, 0.1) is 0 Å². The molecule has 2 N–H and O–H groups in total. The van der Waals surface area contributed by atoms with E-state index in [1.165, 1.54) is 14.2 Å². The first-order valence-corrected chi connectivity index (χ1v) is 12.6. The van der Waals surface area contributed by atoms with Gasteiger partial charge in [0.2, 0.25) is 0 Å². The van der Waals surface area contributed by atoms with E-state index in [0.717, 1.165) is 45.0 Å². The van der Waals surface area contributed by atoms with Crippen LogP contribution in [0.1, 0.15) is 24.0 Å². The van der Waals surface area contributed by atoms with Gasteiger partial charge in [-0.25, -0.2) is 0 Å². The fraction of sp³-hybridized carbons (Fsp3) is 0.188. The highest BCUT2D eigenvalue weighted by molar-refractivity contribution is 5.72. The molecule has 6 heteroatoms. The van der Waals surface area contributed by atoms with Gasteiger partial charge in [0.05, 0.1) is 14.2 Å². The molecule has 4 aromatic carbocycles. The quantitative estimate of drug-likeness (QED) is 0.211. The van der Waals surface area contributed by atoms with E-state index >= 15 is 0 Å². The first-order chi connectivity index (χ1) is 18.5. The second-order valence-electron chi connectivity index (χ2n) is 8.95. The highest BCUT2D eigenvalue weighted by atomic mass is 16.5. The lowest BCUT2D eigenvalue weighted by Crippen LogP contribution is -2.01. The van der Waals surface area contributed by atoms with E-state index in [9.17, 15) is 9.59 Å². The fourth-order valence-electron chi connectivity index (χ4n) is 4.03. The van der Waals surface area contributed by atoms with Crippen molar-refractivity contribution in [3.05, 3.63) is 108 Å². The molecule has 0 bridgehead atoms. The van der Waals surface area contributed by atoms with Gasteiger partial charge in [0.15, 0.2) is 0 Å². The number of anilines is 4. The summed E-state index contributed by atoms with van der Waals surface area (Å²) in [5, 5.41) is 6.84. The Balaban J connectivity index is 1.30. The van der Waals surface area contributed by atoms with Crippen LogP contribution in [0.15, 0.2) is 97.1 Å². The molecule has 0 radical (unpaired) electrons. The SMILES string of the molecule is COC(=O)CCc1ccc(Nc2ccc(-c3ccc(Nc4ccc(CCC(=O)OC)cc4)cc3)cc2)cc1. The molecule has 4 aromatic rings. The first-order valence-electron chi connectivity index (χ1n) is 12.6. The van der Waals surface area contributed by atoms with E-state index in [0.29, 0.717) is 25.7 Å². The van der Waals surface area contributed by atoms with Crippen LogP contribution in [0.2, 0.25) is 0 Å². The summed E-state index contributed by atoms with van der Waals surface area (Å²) in [7, 11) is 2.82. The predicted molar refractivity (Wildman–Crippen MR) is 152 cm³/mol. The molecule has 4 rings (SSSR count). The van der Waals surface area contributed by atoms with Crippen LogP contribution in [0.5, 0.6) is 0 Å². The number of nitrogens with one attached hydrogen (secondary N) is 2. The number of esters is 2. The minimum Gasteiger partial charge on any atom is -0.469 e. The van der Waals surface area contributed by atoms with Gasteiger partial charge in [0.1, 0.15) is 0 Å². The summed E-state index contributed by atoms with van der Waals surface area (Å²) in [4.78, 5) is 22.6. The van der Waals surface area contributed by atoms with Crippen LogP contribution in [-0.4, -0.2) is 26.2 Å². The Hall–Kier alpha value is -4.58. The molecule has 0 unspecified atom stereocenters. The van der Waals surface area contributed by atoms with Gasteiger partial charge in [0.25, 0.3) is 0 Å². The molecule has 0 atom stereocenters. The molecule has 38 heavy (non-hydrogen) atoms. The van der Waals surface area contributed by atoms with Crippen LogP contribution < -0.4 is 10.6 Å². The summed E-state index contributed by atoms with van der Waals surface area (Å²) < 4.78 is 9.40. The van der Waals surface area contributed by atoms with Crippen molar-refractivity contribution < 1.29 is 19.1 Å². The topological polar surface area (TPSA) is 76.7 Å². The van der Waals surface area contributed by atoms with Gasteiger partial charge in [-0.05, 0) is 83.6 Å². The number of hydrogen-bond donors (Lipinski definition) is 2. The largest absolute Gasteiger partial charge is 0.469 e. The summed E-state index contributed by atoms with van der Waals surface area (Å²) in [6.45, 7) is 0. The predicted octanol–water partition coefficient (Wildman–Crippen LogP) is 7.05. The lowest BCUT2D eigenvalue weighted by atomic mass is 10.0. The molecule has 0 aliphatic carbocycles. The van der Waals surface area contributed by atoms with Crippen LogP contribution in [-0.2, 0) is 31.9 Å². The number of carbonyl (C=O) groups excluding carboxylic acids is 2. The highest BCUT2D eigenvalue weighted by Gasteiger charge is 2.04. The van der Waals surface area contributed by atoms with Crippen molar-refractivity contribution in [2.75, 3.05) is 24.9 Å². The van der Waals surface area contributed by atoms with E-state index in [1.54, 1.807) is 0 Å². The Bertz CT molecular complexity index is 1220. The number of methoxy groups -OCH3 is 2. The van der Waals surface area contributed by atoms with Crippen molar-refractivity contribution in [1.82, 2.24) is 0 Å². The number of benzene rings is 4. The minimum atomic E-state index is -0.196. The van der Waals surface area contributed by atoms with E-state index in [4.69, 9.17) is 9.47 Å². The van der Waals surface area contributed by atoms with Crippen LogP contribution >= 0.6 is 0 Å². The molecular formula is C32H32N2O4. The third-order valence-electron chi connectivity index (χ3n) is 6.28. The lowest BCUT2D eigenvalue weighted by molar-refractivity contribution is -0.141. The number of hydrogen-bond acceptors (Lipinski definition) is 6. The van der Waals surface area contributed by atoms with E-state index in [-0.39, 0.29) is 11.9 Å². The summed E-state index contributed by atoms with van der Waals surface area (Å²) >= 11 is 0. The van der Waals surface area contributed by atoms with Gasteiger partial charge in [-0.1, -0.05) is 48.5 Å². The van der Waals surface area contributed by atoms with Crippen molar-refractivity contribution in [2.24, 2.45) is 0 Å². The Morgan fingerprint density at radius 1 is 0.500 bits per heavy atom. The Morgan fingerprint density at radius 3 is 1.08 bits per heavy atom. The third-order valence-corrected chi connectivity index (χ3v) is 6.28. The summed E-state index contributed by atoms with van der Waals surface area (Å²) in [5.41, 5.74) is 8.46. The molecule has 0 amide bonds. The van der Waals surface area contributed by atoms with E-state index < -0.39 is 0 Å². The van der Waals surface area contributed by atoms with Crippen LogP contribution in [0.3, 0.4) is 0 Å². The van der Waals surface area contributed by atoms with Crippen molar-refractivity contribution in [1.29, 1.82) is 0 Å². The number of ether oxygens (including phenoxy) is 2. The maximum atomic E-state index is 11.3. The molecule has 0 aliphatic rings. The van der Waals surface area contributed by atoms with Crippen molar-refractivity contribution in [2.45, 2.75) is 25.7 Å². The van der Waals surface area contributed by atoms with Gasteiger partial charge in [-0.3, -0.25) is 9.59 Å². The lowest BCUT2D eigenvalue weighted by Gasteiger charge is -2.10. The molecule has 0 heterocycles. The Kier molecular flexibility index (Phi) is 9.13. The van der Waals surface area contributed by atoms with Crippen LogP contribution in [0.4, 0.5) is 22.7 Å². The van der Waals surface area contributed by atoms with Crippen LogP contribution in [0.25, 0.3) is 11.1 Å². The molecule has 0 spiro atoms. The van der Waals surface area contributed by atoms with Gasteiger partial charge in [0, 0.05) is 35.6 Å². The average molecular weight is 509 g/mol. The normalized spacial score (nSPS) is 10.5. The monoisotopic (exact) mass is 508 g/mol.